The first-order valence-corrected chi connectivity index (χ1v) is 9.05. The summed E-state index contributed by atoms with van der Waals surface area (Å²) in [5.74, 6) is -9.83. The molecule has 1 N–H and O–H groups in total. The third-order valence-corrected chi connectivity index (χ3v) is 4.61. The molecule has 1 aromatic heterocycles. The summed E-state index contributed by atoms with van der Waals surface area (Å²) in [6.07, 6.45) is 0. The summed E-state index contributed by atoms with van der Waals surface area (Å²) >= 11 is 5.93. The molecule has 0 saturated carbocycles. The molecule has 4 aromatic rings. The molecule has 1 amide bonds. The quantitative estimate of drug-likeness (QED) is 0.307. The van der Waals surface area contributed by atoms with E-state index in [9.17, 15) is 22.4 Å². The zero-order chi connectivity index (χ0) is 22.3. The lowest BCUT2D eigenvalue weighted by Gasteiger charge is -2.11. The van der Waals surface area contributed by atoms with Gasteiger partial charge in [-0.15, -0.1) is 0 Å². The van der Waals surface area contributed by atoms with Crippen LogP contribution >= 0.6 is 11.6 Å². The number of ether oxygens (including phenoxy) is 1. The van der Waals surface area contributed by atoms with Crippen molar-refractivity contribution in [1.82, 2.24) is 4.98 Å². The highest BCUT2D eigenvalue weighted by Gasteiger charge is 2.30. The molecule has 0 unspecified atom stereocenters. The zero-order valence-corrected chi connectivity index (χ0v) is 16.4. The number of aromatic nitrogens is 1. The number of nitrogens with zero attached hydrogens (tertiary/aromatic N) is 1. The first-order valence-electron chi connectivity index (χ1n) is 8.68. The van der Waals surface area contributed by atoms with Crippen LogP contribution < -0.4 is 10.1 Å². The van der Waals surface area contributed by atoms with Crippen LogP contribution in [0.1, 0.15) is 10.4 Å². The number of halogens is 5. The maximum absolute atomic E-state index is 14.2. The number of carbonyl (C=O) groups excluding carboxylic acids is 1. The van der Waals surface area contributed by atoms with Crippen molar-refractivity contribution in [2.45, 2.75) is 0 Å². The molecule has 0 bridgehead atoms. The Bertz CT molecular complexity index is 1310. The molecular weight excluding hydrogens is 440 g/mol. The number of methoxy groups -OCH3 is 1. The largest absolute Gasteiger partial charge is 0.491 e. The summed E-state index contributed by atoms with van der Waals surface area (Å²) in [4.78, 5) is 16.7. The minimum Gasteiger partial charge on any atom is -0.491 e. The fourth-order valence-electron chi connectivity index (χ4n) is 2.94. The lowest BCUT2D eigenvalue weighted by atomic mass is 10.1. The molecule has 4 rings (SSSR count). The highest BCUT2D eigenvalue weighted by molar-refractivity contribution is 6.31. The molecule has 0 aliphatic carbocycles. The Kier molecular flexibility index (Phi) is 5.28. The Morgan fingerprint density at radius 1 is 1.03 bits per heavy atom. The summed E-state index contributed by atoms with van der Waals surface area (Å²) < 4.78 is 66.1. The highest BCUT2D eigenvalue weighted by atomic mass is 35.5. The number of hydrogen-bond acceptors (Lipinski definition) is 4. The Balaban J connectivity index is 1.67. The number of amides is 1. The number of oxazole rings is 1. The summed E-state index contributed by atoms with van der Waals surface area (Å²) in [5.41, 5.74) is 0.0708. The fourth-order valence-corrected chi connectivity index (χ4v) is 3.10. The highest BCUT2D eigenvalue weighted by Crippen LogP contribution is 2.31. The average Bonchev–Trinajstić information content (AvgIpc) is 3.16. The van der Waals surface area contributed by atoms with E-state index in [1.165, 1.54) is 18.2 Å². The van der Waals surface area contributed by atoms with Crippen LogP contribution in [-0.2, 0) is 0 Å². The van der Waals surface area contributed by atoms with Gasteiger partial charge in [-0.2, -0.15) is 8.78 Å². The molecule has 0 spiro atoms. The smallest absolute Gasteiger partial charge is 0.261 e. The SMILES string of the molecule is COc1c(F)c(F)c(C(=O)Nc2cccc(-c3nc4cc(Cl)ccc4o3)c2)c(F)c1F. The van der Waals surface area contributed by atoms with Crippen molar-refractivity contribution in [1.29, 1.82) is 0 Å². The third-order valence-electron chi connectivity index (χ3n) is 4.37. The average molecular weight is 451 g/mol. The van der Waals surface area contributed by atoms with Gasteiger partial charge in [0, 0.05) is 16.3 Å². The van der Waals surface area contributed by atoms with Crippen molar-refractivity contribution >= 4 is 34.3 Å². The van der Waals surface area contributed by atoms with E-state index in [4.69, 9.17) is 16.0 Å². The van der Waals surface area contributed by atoms with Gasteiger partial charge in [0.05, 0.1) is 7.11 Å². The van der Waals surface area contributed by atoms with Gasteiger partial charge in [-0.05, 0) is 36.4 Å². The Morgan fingerprint density at radius 3 is 2.42 bits per heavy atom. The second kappa shape index (κ2) is 7.92. The third kappa shape index (κ3) is 3.68. The number of fused-ring (bicyclic) bond motifs is 1. The van der Waals surface area contributed by atoms with Crippen molar-refractivity contribution in [2.75, 3.05) is 12.4 Å². The first-order chi connectivity index (χ1) is 14.8. The van der Waals surface area contributed by atoms with E-state index in [0.717, 1.165) is 7.11 Å². The van der Waals surface area contributed by atoms with Gasteiger partial charge >= 0.3 is 0 Å². The van der Waals surface area contributed by atoms with Gasteiger partial charge < -0.3 is 14.5 Å². The minimum atomic E-state index is -1.87. The van der Waals surface area contributed by atoms with E-state index in [1.807, 2.05) is 0 Å². The molecular formula is C21H11ClF4N2O3. The second-order valence-electron chi connectivity index (χ2n) is 6.33. The number of carbonyl (C=O) groups is 1. The normalized spacial score (nSPS) is 11.0. The van der Waals surface area contributed by atoms with Crippen molar-refractivity contribution < 1.29 is 31.5 Å². The summed E-state index contributed by atoms with van der Waals surface area (Å²) in [6, 6.07) is 10.8. The van der Waals surface area contributed by atoms with Gasteiger partial charge in [-0.1, -0.05) is 17.7 Å². The number of anilines is 1. The van der Waals surface area contributed by atoms with Crippen molar-refractivity contribution in [3.05, 3.63) is 76.3 Å². The summed E-state index contributed by atoms with van der Waals surface area (Å²) in [5, 5.41) is 2.67. The number of benzene rings is 3. The van der Waals surface area contributed by atoms with Crippen LogP contribution in [0, 0.1) is 23.3 Å². The minimum absolute atomic E-state index is 0.0817. The molecule has 0 radical (unpaired) electrons. The predicted molar refractivity (Wildman–Crippen MR) is 105 cm³/mol. The van der Waals surface area contributed by atoms with Crippen LogP contribution in [0.3, 0.4) is 0 Å². The number of hydrogen-bond donors (Lipinski definition) is 1. The molecule has 0 saturated heterocycles. The van der Waals surface area contributed by atoms with E-state index in [2.05, 4.69) is 15.0 Å². The van der Waals surface area contributed by atoms with E-state index < -0.39 is 40.5 Å². The van der Waals surface area contributed by atoms with Crippen LogP contribution in [-0.4, -0.2) is 18.0 Å². The van der Waals surface area contributed by atoms with Crippen molar-refractivity contribution in [3.63, 3.8) is 0 Å². The van der Waals surface area contributed by atoms with Crippen LogP contribution in [0.2, 0.25) is 5.02 Å². The van der Waals surface area contributed by atoms with Gasteiger partial charge in [0.2, 0.25) is 17.5 Å². The lowest BCUT2D eigenvalue weighted by Crippen LogP contribution is -2.18. The van der Waals surface area contributed by atoms with E-state index >= 15 is 0 Å². The molecule has 10 heteroatoms. The molecule has 0 aliphatic rings. The Hall–Kier alpha value is -3.59. The summed E-state index contributed by atoms with van der Waals surface area (Å²) in [7, 11) is 0.839. The molecule has 3 aromatic carbocycles. The van der Waals surface area contributed by atoms with E-state index in [1.54, 1.807) is 24.3 Å². The first kappa shape index (κ1) is 20.7. The Labute approximate surface area is 177 Å². The van der Waals surface area contributed by atoms with Crippen molar-refractivity contribution in [3.8, 4) is 17.2 Å². The van der Waals surface area contributed by atoms with Crippen LogP contribution in [0.15, 0.2) is 46.9 Å². The van der Waals surface area contributed by atoms with E-state index in [-0.39, 0.29) is 11.6 Å². The van der Waals surface area contributed by atoms with Gasteiger partial charge in [-0.25, -0.2) is 13.8 Å². The lowest BCUT2D eigenvalue weighted by molar-refractivity contribution is 0.101. The molecule has 0 atom stereocenters. The molecule has 158 valence electrons. The molecule has 0 aliphatic heterocycles. The van der Waals surface area contributed by atoms with Gasteiger partial charge in [0.1, 0.15) is 11.1 Å². The monoisotopic (exact) mass is 450 g/mol. The molecule has 1 heterocycles. The van der Waals surface area contributed by atoms with Crippen molar-refractivity contribution in [2.24, 2.45) is 0 Å². The Morgan fingerprint density at radius 2 is 1.74 bits per heavy atom. The zero-order valence-electron chi connectivity index (χ0n) is 15.6. The molecule has 5 nitrogen and oxygen atoms in total. The van der Waals surface area contributed by atoms with E-state index in [0.29, 0.717) is 21.7 Å². The van der Waals surface area contributed by atoms with Gasteiger partial charge in [-0.3, -0.25) is 4.79 Å². The fraction of sp³-hybridized carbons (Fsp3) is 0.0476. The van der Waals surface area contributed by atoms with Gasteiger partial charge in [0.15, 0.2) is 23.0 Å². The summed E-state index contributed by atoms with van der Waals surface area (Å²) in [6.45, 7) is 0. The molecule has 31 heavy (non-hydrogen) atoms. The number of nitrogens with one attached hydrogen (secondary N) is 1. The van der Waals surface area contributed by atoms with Crippen LogP contribution in [0.25, 0.3) is 22.6 Å². The standard InChI is InChI=1S/C21H11ClF4N2O3/c1-30-19-17(25)15(23)14(16(24)18(19)26)20(29)27-11-4-2-3-9(7-11)21-28-12-8-10(22)5-6-13(12)31-21/h2-8H,1H3,(H,27,29). The predicted octanol–water partition coefficient (Wildman–Crippen LogP) is 5.97. The topological polar surface area (TPSA) is 64.4 Å². The number of rotatable bonds is 4. The maximum Gasteiger partial charge on any atom is 0.261 e. The molecule has 0 fully saturated rings. The van der Waals surface area contributed by atoms with Crippen LogP contribution in [0.5, 0.6) is 5.75 Å². The van der Waals surface area contributed by atoms with Gasteiger partial charge in [0.25, 0.3) is 5.91 Å². The second-order valence-corrected chi connectivity index (χ2v) is 6.77. The maximum atomic E-state index is 14.2. The van der Waals surface area contributed by atoms with Crippen LogP contribution in [0.4, 0.5) is 23.2 Å².